The molecule has 134 valence electrons. The third-order valence-electron chi connectivity index (χ3n) is 4.54. The quantitative estimate of drug-likeness (QED) is 0.716. The fourth-order valence-corrected chi connectivity index (χ4v) is 3.19. The normalized spacial score (nSPS) is 15.6. The van der Waals surface area contributed by atoms with E-state index in [0.717, 1.165) is 16.8 Å². The molecule has 0 aliphatic carbocycles. The molecule has 0 bridgehead atoms. The predicted molar refractivity (Wildman–Crippen MR) is 102 cm³/mol. The lowest BCUT2D eigenvalue weighted by atomic mass is 9.93. The maximum Gasteiger partial charge on any atom is 0.339 e. The zero-order chi connectivity index (χ0) is 18.8. The third-order valence-corrected chi connectivity index (χ3v) is 4.54. The van der Waals surface area contributed by atoms with Crippen molar-refractivity contribution in [3.8, 4) is 0 Å². The second-order valence-electron chi connectivity index (χ2n) is 6.50. The van der Waals surface area contributed by atoms with Gasteiger partial charge in [-0.25, -0.2) is 9.78 Å². The molecule has 1 atom stereocenters. The Balaban J connectivity index is 1.59. The smallest absolute Gasteiger partial charge is 0.339 e. The number of amides is 1. The van der Waals surface area contributed by atoms with E-state index in [9.17, 15) is 9.59 Å². The van der Waals surface area contributed by atoms with Crippen molar-refractivity contribution in [3.63, 3.8) is 0 Å². The summed E-state index contributed by atoms with van der Waals surface area (Å²) in [5.74, 6) is -0.122. The van der Waals surface area contributed by atoms with E-state index in [2.05, 4.69) is 10.3 Å². The molecule has 0 fully saturated rings. The van der Waals surface area contributed by atoms with Crippen molar-refractivity contribution in [1.29, 1.82) is 0 Å². The van der Waals surface area contributed by atoms with Crippen LogP contribution in [-0.4, -0.2) is 16.9 Å². The van der Waals surface area contributed by atoms with Gasteiger partial charge >= 0.3 is 5.97 Å². The number of aryl methyl sites for hydroxylation is 1. The van der Waals surface area contributed by atoms with Crippen molar-refractivity contribution in [2.75, 3.05) is 5.32 Å². The molecule has 0 saturated heterocycles. The first-order valence-corrected chi connectivity index (χ1v) is 8.74. The van der Waals surface area contributed by atoms with Crippen molar-refractivity contribution >= 4 is 17.7 Å². The number of pyridine rings is 1. The molecule has 0 unspecified atom stereocenters. The van der Waals surface area contributed by atoms with Gasteiger partial charge in [0.1, 0.15) is 11.9 Å². The van der Waals surface area contributed by atoms with Gasteiger partial charge in [-0.1, -0.05) is 36.4 Å². The van der Waals surface area contributed by atoms with Crippen LogP contribution in [0.15, 0.2) is 66.7 Å². The molecule has 5 nitrogen and oxygen atoms in total. The van der Waals surface area contributed by atoms with E-state index in [1.165, 1.54) is 0 Å². The van der Waals surface area contributed by atoms with Crippen molar-refractivity contribution < 1.29 is 14.3 Å². The number of hydrogen-bond acceptors (Lipinski definition) is 4. The molecule has 0 spiro atoms. The molecule has 4 rings (SSSR count). The minimum Gasteiger partial charge on any atom is -0.454 e. The first kappa shape index (κ1) is 17.0. The van der Waals surface area contributed by atoms with Gasteiger partial charge in [0, 0.05) is 17.7 Å². The first-order chi connectivity index (χ1) is 13.1. The average Bonchev–Trinajstić information content (AvgIpc) is 2.68. The van der Waals surface area contributed by atoms with E-state index >= 15 is 0 Å². The molecule has 3 aromatic rings. The molecule has 1 aromatic heterocycles. The largest absolute Gasteiger partial charge is 0.454 e. The minimum absolute atomic E-state index is 0.258. The van der Waals surface area contributed by atoms with Crippen LogP contribution < -0.4 is 5.32 Å². The lowest BCUT2D eigenvalue weighted by molar-refractivity contribution is 0.0252. The van der Waals surface area contributed by atoms with Gasteiger partial charge in [-0.15, -0.1) is 0 Å². The summed E-state index contributed by atoms with van der Waals surface area (Å²) < 4.78 is 5.56. The Labute approximate surface area is 157 Å². The number of anilines is 1. The number of benzene rings is 2. The molecule has 1 amide bonds. The number of nitrogens with one attached hydrogen (secondary N) is 1. The zero-order valence-electron chi connectivity index (χ0n) is 14.8. The molecule has 1 N–H and O–H groups in total. The second-order valence-corrected chi connectivity index (χ2v) is 6.50. The van der Waals surface area contributed by atoms with Crippen LogP contribution in [-0.2, 0) is 11.2 Å². The number of nitrogens with zero attached hydrogens (tertiary/aromatic N) is 1. The summed E-state index contributed by atoms with van der Waals surface area (Å²) in [6.07, 6.45) is 0.192. The van der Waals surface area contributed by atoms with E-state index in [0.29, 0.717) is 23.4 Å². The molecule has 5 heteroatoms. The van der Waals surface area contributed by atoms with Crippen LogP contribution in [0.5, 0.6) is 0 Å². The molecule has 1 aliphatic heterocycles. The number of rotatable bonds is 3. The molecule has 2 heterocycles. The fourth-order valence-electron chi connectivity index (χ4n) is 3.19. The summed E-state index contributed by atoms with van der Waals surface area (Å²) in [7, 11) is 0. The Morgan fingerprint density at radius 1 is 1.07 bits per heavy atom. The van der Waals surface area contributed by atoms with Gasteiger partial charge in [0.15, 0.2) is 0 Å². The number of hydrogen-bond donors (Lipinski definition) is 1. The average molecular weight is 358 g/mol. The molecular formula is C22H18N2O3. The number of fused-ring (bicyclic) bond motifs is 1. The fraction of sp³-hybridized carbons (Fsp3) is 0.136. The molecular weight excluding hydrogens is 340 g/mol. The highest BCUT2D eigenvalue weighted by atomic mass is 16.5. The van der Waals surface area contributed by atoms with Gasteiger partial charge in [0.2, 0.25) is 0 Å². The number of carbonyl (C=O) groups excluding carboxylic acids is 2. The molecule has 27 heavy (non-hydrogen) atoms. The van der Waals surface area contributed by atoms with Crippen molar-refractivity contribution in [2.24, 2.45) is 0 Å². The van der Waals surface area contributed by atoms with Crippen molar-refractivity contribution in [3.05, 3.63) is 94.7 Å². The van der Waals surface area contributed by atoms with Crippen LogP contribution >= 0.6 is 0 Å². The standard InChI is InChI=1S/C22H18N2O3/c1-14-6-5-9-20(23-14)24-21(25)16-10-11-18-17(12-16)13-19(27-22(18)26)15-7-3-2-4-8-15/h2-12,19H,13H2,1H3,(H,23,24,25)/t19-/m1/s1. The minimum atomic E-state index is -0.364. The highest BCUT2D eigenvalue weighted by molar-refractivity contribution is 6.04. The lowest BCUT2D eigenvalue weighted by Crippen LogP contribution is -2.23. The van der Waals surface area contributed by atoms with Crippen LogP contribution in [0.1, 0.15) is 43.6 Å². The Morgan fingerprint density at radius 2 is 1.89 bits per heavy atom. The topological polar surface area (TPSA) is 68.3 Å². The summed E-state index contributed by atoms with van der Waals surface area (Å²) in [6, 6.07) is 20.1. The summed E-state index contributed by atoms with van der Waals surface area (Å²) in [5.41, 5.74) is 3.57. The van der Waals surface area contributed by atoms with E-state index in [4.69, 9.17) is 4.74 Å². The highest BCUT2D eigenvalue weighted by Crippen LogP contribution is 2.31. The molecule has 0 saturated carbocycles. The predicted octanol–water partition coefficient (Wildman–Crippen LogP) is 4.10. The Hall–Kier alpha value is -3.47. The second kappa shape index (κ2) is 7.03. The van der Waals surface area contributed by atoms with Gasteiger partial charge in [-0.2, -0.15) is 0 Å². The van der Waals surface area contributed by atoms with Crippen molar-refractivity contribution in [2.45, 2.75) is 19.4 Å². The van der Waals surface area contributed by atoms with Crippen LogP contribution in [0.4, 0.5) is 5.82 Å². The number of aromatic nitrogens is 1. The monoisotopic (exact) mass is 358 g/mol. The highest BCUT2D eigenvalue weighted by Gasteiger charge is 2.28. The maximum atomic E-state index is 12.6. The van der Waals surface area contributed by atoms with Gasteiger partial charge in [0.05, 0.1) is 5.56 Å². The first-order valence-electron chi connectivity index (χ1n) is 8.74. The number of cyclic esters (lactones) is 1. The van der Waals surface area contributed by atoms with Gasteiger partial charge in [0.25, 0.3) is 5.91 Å². The number of carbonyl (C=O) groups is 2. The number of ether oxygens (including phenoxy) is 1. The SMILES string of the molecule is Cc1cccc(NC(=O)c2ccc3c(c2)C[C@H](c2ccccc2)OC3=O)n1. The van der Waals surface area contributed by atoms with Crippen LogP contribution in [0.2, 0.25) is 0 Å². The van der Waals surface area contributed by atoms with Gasteiger partial charge in [-0.05, 0) is 48.4 Å². The van der Waals surface area contributed by atoms with Crippen LogP contribution in [0, 0.1) is 6.92 Å². The Morgan fingerprint density at radius 3 is 2.67 bits per heavy atom. The van der Waals surface area contributed by atoms with Gasteiger partial charge < -0.3 is 10.1 Å². The van der Waals surface area contributed by atoms with E-state index < -0.39 is 0 Å². The van der Waals surface area contributed by atoms with Crippen LogP contribution in [0.25, 0.3) is 0 Å². The Bertz CT molecular complexity index is 1020. The Kier molecular flexibility index (Phi) is 4.42. The number of esters is 1. The zero-order valence-corrected chi connectivity index (χ0v) is 14.8. The maximum absolute atomic E-state index is 12.6. The lowest BCUT2D eigenvalue weighted by Gasteiger charge is -2.25. The van der Waals surface area contributed by atoms with Crippen LogP contribution in [0.3, 0.4) is 0 Å². The third kappa shape index (κ3) is 3.58. The van der Waals surface area contributed by atoms with Crippen molar-refractivity contribution in [1.82, 2.24) is 4.98 Å². The summed E-state index contributed by atoms with van der Waals surface area (Å²) in [4.78, 5) is 29.2. The van der Waals surface area contributed by atoms with Gasteiger partial charge in [-0.3, -0.25) is 4.79 Å². The molecule has 2 aromatic carbocycles. The molecule has 0 radical (unpaired) electrons. The summed E-state index contributed by atoms with van der Waals surface area (Å²) in [6.45, 7) is 1.86. The molecule has 1 aliphatic rings. The summed E-state index contributed by atoms with van der Waals surface area (Å²) in [5, 5.41) is 2.79. The summed E-state index contributed by atoms with van der Waals surface area (Å²) >= 11 is 0. The van der Waals surface area contributed by atoms with E-state index in [1.54, 1.807) is 24.3 Å². The van der Waals surface area contributed by atoms with E-state index in [-0.39, 0.29) is 18.0 Å². The van der Waals surface area contributed by atoms with E-state index in [1.807, 2.05) is 49.4 Å².